The number of hydrogen-bond donors (Lipinski definition) is 1. The molecular weight excluding hydrogens is 498 g/mol. The van der Waals surface area contributed by atoms with Gasteiger partial charge in [0.1, 0.15) is 23.4 Å². The minimum atomic E-state index is -0.419. The molecule has 4 aromatic rings. The molecule has 196 valence electrons. The average Bonchev–Trinajstić information content (AvgIpc) is 3.29. The third kappa shape index (κ3) is 6.71. The molecule has 1 aromatic heterocycles. The first-order valence-electron chi connectivity index (χ1n) is 12.6. The predicted molar refractivity (Wildman–Crippen MR) is 149 cm³/mol. The summed E-state index contributed by atoms with van der Waals surface area (Å²) in [6.07, 6.45) is 0.939. The minimum Gasteiger partial charge on any atom is -0.383 e. The van der Waals surface area contributed by atoms with Crippen LogP contribution in [0.25, 0.3) is 0 Å². The monoisotopic (exact) mass is 529 g/mol. The van der Waals surface area contributed by atoms with Gasteiger partial charge < -0.3 is 19.9 Å². The average molecular weight is 530 g/mol. The highest BCUT2D eigenvalue weighted by molar-refractivity contribution is 8.00. The van der Waals surface area contributed by atoms with Gasteiger partial charge in [0, 0.05) is 6.20 Å². The van der Waals surface area contributed by atoms with Crippen LogP contribution < -0.4 is 11.4 Å². The van der Waals surface area contributed by atoms with E-state index < -0.39 is 11.8 Å². The Kier molecular flexibility index (Phi) is 8.88. The van der Waals surface area contributed by atoms with Gasteiger partial charge in [-0.15, -0.1) is 11.8 Å². The van der Waals surface area contributed by atoms with Gasteiger partial charge in [-0.3, -0.25) is 4.57 Å². The Morgan fingerprint density at radius 2 is 1.26 bits per heavy atom. The van der Waals surface area contributed by atoms with E-state index in [-0.39, 0.29) is 22.5 Å². The van der Waals surface area contributed by atoms with Crippen LogP contribution in [0.4, 0.5) is 5.82 Å². The van der Waals surface area contributed by atoms with Crippen LogP contribution in [0.1, 0.15) is 22.1 Å². The van der Waals surface area contributed by atoms with E-state index in [1.165, 1.54) is 0 Å². The maximum Gasteiger partial charge on any atom is 0.350 e. The zero-order chi connectivity index (χ0) is 26.2. The lowest BCUT2D eigenvalue weighted by atomic mass is 10.1. The highest BCUT2D eigenvalue weighted by Gasteiger charge is 2.47. The summed E-state index contributed by atoms with van der Waals surface area (Å²) < 4.78 is 20.8. The van der Waals surface area contributed by atoms with Gasteiger partial charge in [-0.1, -0.05) is 91.0 Å². The van der Waals surface area contributed by atoms with E-state index in [2.05, 4.69) is 4.98 Å². The van der Waals surface area contributed by atoms with Crippen LogP contribution in [0.2, 0.25) is 0 Å². The Morgan fingerprint density at radius 1 is 0.737 bits per heavy atom. The summed E-state index contributed by atoms with van der Waals surface area (Å²) >= 11 is 1.61. The van der Waals surface area contributed by atoms with Crippen molar-refractivity contribution < 1.29 is 14.2 Å². The second kappa shape index (κ2) is 12.9. The van der Waals surface area contributed by atoms with Crippen LogP contribution in [-0.2, 0) is 34.0 Å². The van der Waals surface area contributed by atoms with E-state index in [1.807, 2.05) is 91.0 Å². The van der Waals surface area contributed by atoms with Crippen molar-refractivity contribution in [2.75, 3.05) is 12.3 Å². The summed E-state index contributed by atoms with van der Waals surface area (Å²) in [7, 11) is 0. The van der Waals surface area contributed by atoms with Gasteiger partial charge in [-0.2, -0.15) is 4.98 Å². The Balaban J connectivity index is 1.40. The van der Waals surface area contributed by atoms with Gasteiger partial charge >= 0.3 is 5.69 Å². The molecular formula is C30H31N3O4S. The molecule has 0 aliphatic carbocycles. The summed E-state index contributed by atoms with van der Waals surface area (Å²) in [5.74, 6) is 0.190. The fourth-order valence-electron chi connectivity index (χ4n) is 4.47. The minimum absolute atomic E-state index is 0.0716. The Hall–Kier alpha value is -3.43. The summed E-state index contributed by atoms with van der Waals surface area (Å²) in [6, 6.07) is 31.7. The summed E-state index contributed by atoms with van der Waals surface area (Å²) in [6.45, 7) is 1.75. The molecule has 7 nitrogen and oxygen atoms in total. The molecule has 0 saturated carbocycles. The normalized spacial score (nSPS) is 20.9. The number of anilines is 1. The first kappa shape index (κ1) is 26.2. The van der Waals surface area contributed by atoms with Gasteiger partial charge in [0.05, 0.1) is 31.7 Å². The summed E-state index contributed by atoms with van der Waals surface area (Å²) in [5.41, 5.74) is 8.58. The van der Waals surface area contributed by atoms with Gasteiger partial charge in [-0.25, -0.2) is 4.79 Å². The first-order valence-corrected chi connectivity index (χ1v) is 13.5. The van der Waals surface area contributed by atoms with Crippen LogP contribution in [0.3, 0.4) is 0 Å². The number of nitrogens with zero attached hydrogens (tertiary/aromatic N) is 2. The highest BCUT2D eigenvalue weighted by atomic mass is 32.2. The van der Waals surface area contributed by atoms with Crippen molar-refractivity contribution in [1.29, 1.82) is 0 Å². The lowest BCUT2D eigenvalue weighted by molar-refractivity contribution is -0.0920. The van der Waals surface area contributed by atoms with Crippen LogP contribution in [0.15, 0.2) is 108 Å². The Bertz CT molecular complexity index is 1340. The van der Waals surface area contributed by atoms with Crippen molar-refractivity contribution in [2.45, 2.75) is 42.7 Å². The zero-order valence-corrected chi connectivity index (χ0v) is 21.8. The van der Waals surface area contributed by atoms with E-state index in [0.29, 0.717) is 26.4 Å². The van der Waals surface area contributed by atoms with E-state index >= 15 is 0 Å². The van der Waals surface area contributed by atoms with Crippen LogP contribution >= 0.6 is 11.8 Å². The van der Waals surface area contributed by atoms with Gasteiger partial charge in [0.2, 0.25) is 0 Å². The number of nitrogen functional groups attached to an aromatic ring is 1. The molecule has 1 aliphatic heterocycles. The molecule has 4 atom stereocenters. The molecule has 5 rings (SSSR count). The number of hydrogen-bond acceptors (Lipinski definition) is 7. The molecule has 0 amide bonds. The van der Waals surface area contributed by atoms with Crippen molar-refractivity contribution in [3.63, 3.8) is 0 Å². The standard InChI is InChI=1S/C30H31N3O4S/c31-26-16-17-33(30(34)32-26)29-28(37-20-24-14-8-3-9-15-24)27(36-19-23-12-6-2-7-13-23)25(38-29)21-35-18-22-10-4-1-5-11-22/h1-17,25,27-29H,18-21H2,(H2,31,32,34)/t25-,27-,28+,29-/m1/s1. The molecule has 0 spiro atoms. The van der Waals surface area contributed by atoms with Gasteiger partial charge in [0.15, 0.2) is 0 Å². The third-order valence-electron chi connectivity index (χ3n) is 6.38. The molecule has 0 unspecified atom stereocenters. The molecule has 8 heteroatoms. The van der Waals surface area contributed by atoms with Gasteiger partial charge in [0.25, 0.3) is 0 Å². The number of ether oxygens (including phenoxy) is 3. The fraction of sp³-hybridized carbons (Fsp3) is 0.267. The molecule has 2 N–H and O–H groups in total. The van der Waals surface area contributed by atoms with Crippen molar-refractivity contribution in [1.82, 2.24) is 9.55 Å². The number of nitrogens with two attached hydrogens (primary N) is 1. The van der Waals surface area contributed by atoms with E-state index in [1.54, 1.807) is 28.6 Å². The van der Waals surface area contributed by atoms with Crippen LogP contribution in [0.5, 0.6) is 0 Å². The molecule has 1 aliphatic rings. The van der Waals surface area contributed by atoms with Crippen LogP contribution in [0, 0.1) is 0 Å². The highest BCUT2D eigenvalue weighted by Crippen LogP contribution is 2.45. The smallest absolute Gasteiger partial charge is 0.350 e. The maximum absolute atomic E-state index is 12.9. The molecule has 0 radical (unpaired) electrons. The SMILES string of the molecule is Nc1ccn([C@@H]2S[C@H](COCc3ccccc3)[C@@H](OCc3ccccc3)[C@@H]2OCc2ccccc2)c(=O)n1. The second-order valence-corrected chi connectivity index (χ2v) is 10.5. The molecule has 2 heterocycles. The van der Waals surface area contributed by atoms with Crippen molar-refractivity contribution in [3.05, 3.63) is 130 Å². The van der Waals surface area contributed by atoms with E-state index in [9.17, 15) is 4.79 Å². The van der Waals surface area contributed by atoms with Crippen molar-refractivity contribution in [3.8, 4) is 0 Å². The number of benzene rings is 3. The maximum atomic E-state index is 12.9. The van der Waals surface area contributed by atoms with Crippen molar-refractivity contribution in [2.24, 2.45) is 0 Å². The summed E-state index contributed by atoms with van der Waals surface area (Å²) in [4.78, 5) is 16.8. The number of thioether (sulfide) groups is 1. The predicted octanol–water partition coefficient (Wildman–Crippen LogP) is 4.83. The van der Waals surface area contributed by atoms with E-state index in [0.717, 1.165) is 16.7 Å². The van der Waals surface area contributed by atoms with Crippen molar-refractivity contribution >= 4 is 17.6 Å². The molecule has 3 aromatic carbocycles. The third-order valence-corrected chi connectivity index (χ3v) is 7.90. The molecule has 1 fully saturated rings. The summed E-state index contributed by atoms with van der Waals surface area (Å²) in [5, 5.41) is -0.428. The van der Waals surface area contributed by atoms with E-state index in [4.69, 9.17) is 19.9 Å². The first-order chi connectivity index (χ1) is 18.7. The number of rotatable bonds is 11. The van der Waals surface area contributed by atoms with Crippen LogP contribution in [-0.4, -0.2) is 33.6 Å². The lowest BCUT2D eigenvalue weighted by Gasteiger charge is -2.27. The number of aromatic nitrogens is 2. The lowest BCUT2D eigenvalue weighted by Crippen LogP contribution is -2.40. The quantitative estimate of drug-likeness (QED) is 0.298. The Labute approximate surface area is 226 Å². The Morgan fingerprint density at radius 3 is 1.82 bits per heavy atom. The molecule has 1 saturated heterocycles. The molecule has 0 bridgehead atoms. The zero-order valence-electron chi connectivity index (χ0n) is 21.0. The second-order valence-electron chi connectivity index (χ2n) is 9.13. The van der Waals surface area contributed by atoms with Gasteiger partial charge in [-0.05, 0) is 22.8 Å². The topological polar surface area (TPSA) is 88.6 Å². The fourth-order valence-corrected chi connectivity index (χ4v) is 6.07. The largest absolute Gasteiger partial charge is 0.383 e. The molecule has 38 heavy (non-hydrogen) atoms.